The van der Waals surface area contributed by atoms with Gasteiger partial charge in [-0.1, -0.05) is 6.07 Å². The van der Waals surface area contributed by atoms with E-state index < -0.39 is 29.3 Å². The molecule has 0 radical (unpaired) electrons. The normalized spacial score (nSPS) is 12.3. The maximum atomic E-state index is 13.5. The second-order valence-corrected chi connectivity index (χ2v) is 5.24. The van der Waals surface area contributed by atoms with Crippen LogP contribution in [0.4, 0.5) is 19.4 Å². The number of hydrogen-bond donors (Lipinski definition) is 3. The first-order valence-corrected chi connectivity index (χ1v) is 7.10. The number of nitrogens with zero attached hydrogens (tertiary/aromatic N) is 2. The second kappa shape index (κ2) is 7.19. The first-order chi connectivity index (χ1) is 10.9. The minimum Gasteiger partial charge on any atom is -0.386 e. The fourth-order valence-corrected chi connectivity index (χ4v) is 2.11. The van der Waals surface area contributed by atoms with Gasteiger partial charge in [0, 0.05) is 18.7 Å². The molecule has 0 saturated carbocycles. The molecular formula is C15H18F2N4O2. The largest absolute Gasteiger partial charge is 0.386 e. The van der Waals surface area contributed by atoms with Crippen molar-refractivity contribution in [3.8, 4) is 0 Å². The van der Waals surface area contributed by atoms with Crippen LogP contribution < -0.4 is 10.6 Å². The summed E-state index contributed by atoms with van der Waals surface area (Å²) in [4.78, 5) is 11.8. The SMILES string of the molecule is CC(C)n1nccc1NC(=O)NCC(O)c1c(F)cccc1F. The molecule has 6 nitrogen and oxygen atoms in total. The third-order valence-corrected chi connectivity index (χ3v) is 3.19. The van der Waals surface area contributed by atoms with Crippen molar-refractivity contribution in [3.05, 3.63) is 47.7 Å². The van der Waals surface area contributed by atoms with Crippen molar-refractivity contribution in [1.29, 1.82) is 0 Å². The Hall–Kier alpha value is -2.48. The quantitative estimate of drug-likeness (QED) is 0.791. The number of aliphatic hydroxyl groups is 1. The van der Waals surface area contributed by atoms with Gasteiger partial charge < -0.3 is 10.4 Å². The van der Waals surface area contributed by atoms with Crippen LogP contribution in [0.25, 0.3) is 0 Å². The van der Waals surface area contributed by atoms with E-state index in [4.69, 9.17) is 0 Å². The molecule has 23 heavy (non-hydrogen) atoms. The zero-order chi connectivity index (χ0) is 17.0. The lowest BCUT2D eigenvalue weighted by Gasteiger charge is -2.15. The number of halogens is 2. The van der Waals surface area contributed by atoms with Crippen LogP contribution in [0, 0.1) is 11.6 Å². The first kappa shape index (κ1) is 16.9. The highest BCUT2D eigenvalue weighted by molar-refractivity contribution is 5.88. The summed E-state index contributed by atoms with van der Waals surface area (Å²) in [5, 5.41) is 18.8. The molecule has 0 aliphatic carbocycles. The molecule has 0 fully saturated rings. The average Bonchev–Trinajstić information content (AvgIpc) is 2.93. The van der Waals surface area contributed by atoms with Crippen LogP contribution in [0.1, 0.15) is 31.6 Å². The van der Waals surface area contributed by atoms with Crippen LogP contribution in [0.3, 0.4) is 0 Å². The molecule has 0 aliphatic heterocycles. The fourth-order valence-electron chi connectivity index (χ4n) is 2.11. The molecule has 2 aromatic rings. The Morgan fingerprint density at radius 3 is 2.57 bits per heavy atom. The number of hydrogen-bond acceptors (Lipinski definition) is 3. The van der Waals surface area contributed by atoms with Gasteiger partial charge in [-0.05, 0) is 26.0 Å². The van der Waals surface area contributed by atoms with Gasteiger partial charge in [0.25, 0.3) is 0 Å². The van der Waals surface area contributed by atoms with Gasteiger partial charge in [-0.25, -0.2) is 18.3 Å². The van der Waals surface area contributed by atoms with E-state index >= 15 is 0 Å². The Bertz CT molecular complexity index is 668. The predicted octanol–water partition coefficient (Wildman–Crippen LogP) is 2.60. The third-order valence-electron chi connectivity index (χ3n) is 3.19. The molecular weight excluding hydrogens is 306 g/mol. The Kier molecular flexibility index (Phi) is 5.28. The van der Waals surface area contributed by atoms with Gasteiger partial charge in [-0.2, -0.15) is 5.10 Å². The van der Waals surface area contributed by atoms with Gasteiger partial charge in [0.1, 0.15) is 23.6 Å². The lowest BCUT2D eigenvalue weighted by Crippen LogP contribution is -2.33. The molecule has 0 spiro atoms. The Morgan fingerprint density at radius 2 is 1.96 bits per heavy atom. The molecule has 2 rings (SSSR count). The molecule has 1 atom stereocenters. The van der Waals surface area contributed by atoms with Gasteiger partial charge in [0.15, 0.2) is 0 Å². The average molecular weight is 324 g/mol. The number of amides is 2. The van der Waals surface area contributed by atoms with Crippen LogP contribution in [-0.2, 0) is 0 Å². The zero-order valence-corrected chi connectivity index (χ0v) is 12.8. The van der Waals surface area contributed by atoms with E-state index in [0.29, 0.717) is 5.82 Å². The molecule has 0 saturated heterocycles. The number of aliphatic hydroxyl groups excluding tert-OH is 1. The van der Waals surface area contributed by atoms with Crippen molar-refractivity contribution in [1.82, 2.24) is 15.1 Å². The number of aromatic nitrogens is 2. The molecule has 1 aromatic heterocycles. The van der Waals surface area contributed by atoms with Crippen molar-refractivity contribution in [2.45, 2.75) is 26.0 Å². The number of urea groups is 1. The van der Waals surface area contributed by atoms with Gasteiger partial charge in [0.2, 0.25) is 0 Å². The minimum atomic E-state index is -1.49. The molecule has 0 bridgehead atoms. The fraction of sp³-hybridized carbons (Fsp3) is 0.333. The Morgan fingerprint density at radius 1 is 1.30 bits per heavy atom. The summed E-state index contributed by atoms with van der Waals surface area (Å²) in [6.07, 6.45) is 0.0519. The van der Waals surface area contributed by atoms with E-state index in [9.17, 15) is 18.7 Å². The smallest absolute Gasteiger partial charge is 0.320 e. The maximum absolute atomic E-state index is 13.5. The highest BCUT2D eigenvalue weighted by atomic mass is 19.1. The van der Waals surface area contributed by atoms with Crippen molar-refractivity contribution < 1.29 is 18.7 Å². The van der Waals surface area contributed by atoms with E-state index in [2.05, 4.69) is 15.7 Å². The van der Waals surface area contributed by atoms with Crippen molar-refractivity contribution in [2.75, 3.05) is 11.9 Å². The van der Waals surface area contributed by atoms with Crippen molar-refractivity contribution in [2.24, 2.45) is 0 Å². The molecule has 3 N–H and O–H groups in total. The minimum absolute atomic E-state index is 0.0541. The van der Waals surface area contributed by atoms with Crippen molar-refractivity contribution in [3.63, 3.8) is 0 Å². The molecule has 8 heteroatoms. The van der Waals surface area contributed by atoms with Crippen LogP contribution >= 0.6 is 0 Å². The van der Waals surface area contributed by atoms with Gasteiger partial charge in [-0.3, -0.25) is 5.32 Å². The summed E-state index contributed by atoms with van der Waals surface area (Å²) in [6.45, 7) is 3.47. The van der Waals surface area contributed by atoms with Gasteiger partial charge >= 0.3 is 6.03 Å². The van der Waals surface area contributed by atoms with Crippen LogP contribution in [0.2, 0.25) is 0 Å². The monoisotopic (exact) mass is 324 g/mol. The number of carbonyl (C=O) groups excluding carboxylic acids is 1. The third kappa shape index (κ3) is 4.04. The molecule has 124 valence electrons. The lowest BCUT2D eigenvalue weighted by atomic mass is 10.1. The molecule has 2 amide bonds. The van der Waals surface area contributed by atoms with Crippen LogP contribution in [-0.4, -0.2) is 27.5 Å². The number of carbonyl (C=O) groups is 1. The molecule has 1 aromatic carbocycles. The lowest BCUT2D eigenvalue weighted by molar-refractivity contribution is 0.166. The maximum Gasteiger partial charge on any atom is 0.320 e. The highest BCUT2D eigenvalue weighted by Gasteiger charge is 2.18. The summed E-state index contributed by atoms with van der Waals surface area (Å²) in [5.41, 5.74) is -0.472. The van der Waals surface area contributed by atoms with Gasteiger partial charge in [0.05, 0.1) is 11.8 Å². The standard InChI is InChI=1S/C15H18F2N4O2/c1-9(2)21-13(6-7-19-21)20-15(23)18-8-12(22)14-10(16)4-3-5-11(14)17/h3-7,9,12,22H,8H2,1-2H3,(H2,18,20,23). The molecule has 0 aliphatic rings. The highest BCUT2D eigenvalue weighted by Crippen LogP contribution is 2.20. The number of anilines is 1. The predicted molar refractivity (Wildman–Crippen MR) is 81.0 cm³/mol. The molecule has 1 heterocycles. The summed E-state index contributed by atoms with van der Waals surface area (Å²) < 4.78 is 28.7. The first-order valence-electron chi connectivity index (χ1n) is 7.10. The second-order valence-electron chi connectivity index (χ2n) is 5.24. The summed E-state index contributed by atoms with van der Waals surface area (Å²) >= 11 is 0. The van der Waals surface area contributed by atoms with E-state index in [1.807, 2.05) is 13.8 Å². The summed E-state index contributed by atoms with van der Waals surface area (Å²) in [7, 11) is 0. The topological polar surface area (TPSA) is 79.2 Å². The van der Waals surface area contributed by atoms with Crippen molar-refractivity contribution >= 4 is 11.8 Å². The zero-order valence-electron chi connectivity index (χ0n) is 12.8. The van der Waals surface area contributed by atoms with E-state index in [1.165, 1.54) is 6.07 Å². The summed E-state index contributed by atoms with van der Waals surface area (Å²) in [5.74, 6) is -1.25. The number of benzene rings is 1. The van der Waals surface area contributed by atoms with E-state index in [1.54, 1.807) is 16.9 Å². The van der Waals surface area contributed by atoms with Crippen LogP contribution in [0.5, 0.6) is 0 Å². The molecule has 1 unspecified atom stereocenters. The number of rotatable bonds is 5. The van der Waals surface area contributed by atoms with Gasteiger partial charge in [-0.15, -0.1) is 0 Å². The van der Waals surface area contributed by atoms with E-state index in [0.717, 1.165) is 12.1 Å². The number of nitrogens with one attached hydrogen (secondary N) is 2. The Labute approximate surface area is 132 Å². The Balaban J connectivity index is 1.95. The van der Waals surface area contributed by atoms with Crippen LogP contribution in [0.15, 0.2) is 30.5 Å². The summed E-state index contributed by atoms with van der Waals surface area (Å²) in [6, 6.07) is 4.36. The van der Waals surface area contributed by atoms with E-state index in [-0.39, 0.29) is 12.6 Å².